The quantitative estimate of drug-likeness (QED) is 0.356. The van der Waals surface area contributed by atoms with E-state index in [1.165, 1.54) is 18.2 Å². The molecule has 0 spiro atoms. The van der Waals surface area contributed by atoms with E-state index in [4.69, 9.17) is 15.9 Å². The van der Waals surface area contributed by atoms with Crippen LogP contribution in [0.2, 0.25) is 0 Å². The summed E-state index contributed by atoms with van der Waals surface area (Å²) in [5, 5.41) is 29.4. The summed E-state index contributed by atoms with van der Waals surface area (Å²) in [5.74, 6) is -2.51. The van der Waals surface area contributed by atoms with Gasteiger partial charge < -0.3 is 21.1 Å². The van der Waals surface area contributed by atoms with Crippen LogP contribution in [0.4, 0.5) is 5.69 Å². The van der Waals surface area contributed by atoms with E-state index in [1.54, 1.807) is 0 Å². The first-order chi connectivity index (χ1) is 8.40. The molecule has 0 bridgehead atoms. The maximum atomic E-state index is 10.8. The number of nitrogens with two attached hydrogens (primary N) is 1. The van der Waals surface area contributed by atoms with Gasteiger partial charge in [-0.1, -0.05) is 0 Å². The molecule has 0 aliphatic carbocycles. The molecule has 0 aliphatic rings. The van der Waals surface area contributed by atoms with Crippen molar-refractivity contribution in [3.63, 3.8) is 0 Å². The Kier molecular flexibility index (Phi) is 4.50. The van der Waals surface area contributed by atoms with Crippen molar-refractivity contribution < 1.29 is 24.9 Å². The van der Waals surface area contributed by atoms with E-state index >= 15 is 0 Å². The number of aromatic hydroxyl groups is 1. The zero-order chi connectivity index (χ0) is 13.7. The van der Waals surface area contributed by atoms with Gasteiger partial charge in [0.2, 0.25) is 0 Å². The number of aliphatic carboxylic acids is 2. The number of carbonyl (C=O) groups is 2. The summed E-state index contributed by atoms with van der Waals surface area (Å²) in [6.45, 7) is 0.0150. The number of carboxylic acid groups (broad SMARTS) is 2. The predicted octanol–water partition coefficient (Wildman–Crippen LogP) is -0.00810. The van der Waals surface area contributed by atoms with Gasteiger partial charge in [-0.3, -0.25) is 14.9 Å². The Morgan fingerprint density at radius 3 is 2.56 bits per heavy atom. The number of phenolic OH excluding ortho intramolecular Hbond substituents is 1. The van der Waals surface area contributed by atoms with E-state index in [9.17, 15) is 14.7 Å². The minimum absolute atomic E-state index is 0.0150. The van der Waals surface area contributed by atoms with Gasteiger partial charge in [0.15, 0.2) is 0 Å². The molecule has 1 rings (SSSR count). The SMILES string of the molecule is Nc1ccc(O)c(CN[C@@H](CC(=O)O)C(=O)O)c1. The number of benzene rings is 1. The normalized spacial score (nSPS) is 12.0. The fourth-order valence-corrected chi connectivity index (χ4v) is 1.40. The van der Waals surface area contributed by atoms with Gasteiger partial charge in [-0.25, -0.2) is 0 Å². The van der Waals surface area contributed by atoms with Crippen LogP contribution in [0.25, 0.3) is 0 Å². The molecule has 0 saturated carbocycles. The summed E-state index contributed by atoms with van der Waals surface area (Å²) in [6, 6.07) is 3.16. The van der Waals surface area contributed by atoms with Crippen LogP contribution in [0, 0.1) is 0 Å². The van der Waals surface area contributed by atoms with Crippen molar-refractivity contribution in [2.75, 3.05) is 5.73 Å². The minimum Gasteiger partial charge on any atom is -0.508 e. The predicted molar refractivity (Wildman–Crippen MR) is 63.0 cm³/mol. The van der Waals surface area contributed by atoms with Gasteiger partial charge in [-0.2, -0.15) is 0 Å². The monoisotopic (exact) mass is 254 g/mol. The molecule has 18 heavy (non-hydrogen) atoms. The van der Waals surface area contributed by atoms with Crippen LogP contribution in [0.1, 0.15) is 12.0 Å². The van der Waals surface area contributed by atoms with Crippen molar-refractivity contribution in [1.82, 2.24) is 5.32 Å². The number of nitrogen functional groups attached to an aromatic ring is 1. The van der Waals surface area contributed by atoms with Crippen molar-refractivity contribution in [1.29, 1.82) is 0 Å². The molecule has 0 unspecified atom stereocenters. The summed E-state index contributed by atoms with van der Waals surface area (Å²) < 4.78 is 0. The Labute approximate surface area is 103 Å². The molecule has 1 atom stereocenters. The van der Waals surface area contributed by atoms with Crippen molar-refractivity contribution >= 4 is 17.6 Å². The highest BCUT2D eigenvalue weighted by Crippen LogP contribution is 2.19. The van der Waals surface area contributed by atoms with Crippen LogP contribution in [0.3, 0.4) is 0 Å². The molecule has 1 aromatic carbocycles. The summed E-state index contributed by atoms with van der Waals surface area (Å²) in [7, 11) is 0. The lowest BCUT2D eigenvalue weighted by Crippen LogP contribution is -2.38. The molecule has 0 amide bonds. The highest BCUT2D eigenvalue weighted by atomic mass is 16.4. The molecule has 7 nitrogen and oxygen atoms in total. The highest BCUT2D eigenvalue weighted by Gasteiger charge is 2.20. The Morgan fingerprint density at radius 2 is 2.00 bits per heavy atom. The molecular weight excluding hydrogens is 240 g/mol. The second-order valence-electron chi connectivity index (χ2n) is 3.76. The van der Waals surface area contributed by atoms with Crippen LogP contribution in [0.15, 0.2) is 18.2 Å². The van der Waals surface area contributed by atoms with Crippen LogP contribution < -0.4 is 11.1 Å². The summed E-state index contributed by atoms with van der Waals surface area (Å²) in [4.78, 5) is 21.3. The lowest BCUT2D eigenvalue weighted by molar-refractivity contribution is -0.146. The van der Waals surface area contributed by atoms with Gasteiger partial charge >= 0.3 is 11.9 Å². The number of phenols is 1. The molecular formula is C11H14N2O5. The van der Waals surface area contributed by atoms with Crippen LogP contribution in [0.5, 0.6) is 5.75 Å². The Hall–Kier alpha value is -2.28. The zero-order valence-electron chi connectivity index (χ0n) is 9.46. The van der Waals surface area contributed by atoms with E-state index < -0.39 is 24.4 Å². The third-order valence-electron chi connectivity index (χ3n) is 2.32. The summed E-state index contributed by atoms with van der Waals surface area (Å²) in [5.41, 5.74) is 6.36. The molecule has 0 saturated heterocycles. The van der Waals surface area contributed by atoms with Crippen molar-refractivity contribution in [2.24, 2.45) is 0 Å². The van der Waals surface area contributed by atoms with Crippen LogP contribution in [-0.4, -0.2) is 33.3 Å². The molecule has 7 heteroatoms. The minimum atomic E-state index is -1.26. The summed E-state index contributed by atoms with van der Waals surface area (Å²) >= 11 is 0. The average molecular weight is 254 g/mol. The first-order valence-electron chi connectivity index (χ1n) is 5.15. The number of hydrogen-bond donors (Lipinski definition) is 5. The van der Waals surface area contributed by atoms with E-state index in [1.807, 2.05) is 0 Å². The fraction of sp³-hybridized carbons (Fsp3) is 0.273. The van der Waals surface area contributed by atoms with Crippen molar-refractivity contribution in [2.45, 2.75) is 19.0 Å². The maximum Gasteiger partial charge on any atom is 0.321 e. The van der Waals surface area contributed by atoms with Gasteiger partial charge in [0.25, 0.3) is 0 Å². The van der Waals surface area contributed by atoms with Crippen molar-refractivity contribution in [3.8, 4) is 5.75 Å². The maximum absolute atomic E-state index is 10.8. The van der Waals surface area contributed by atoms with Crippen LogP contribution in [-0.2, 0) is 16.1 Å². The molecule has 1 aromatic rings. The molecule has 0 heterocycles. The first-order valence-corrected chi connectivity index (χ1v) is 5.15. The zero-order valence-corrected chi connectivity index (χ0v) is 9.46. The average Bonchev–Trinajstić information content (AvgIpc) is 2.27. The van der Waals surface area contributed by atoms with Gasteiger partial charge in [0, 0.05) is 17.8 Å². The Bertz CT molecular complexity index is 461. The number of carboxylic acids is 2. The second kappa shape index (κ2) is 5.87. The van der Waals surface area contributed by atoms with E-state index in [0.717, 1.165) is 0 Å². The largest absolute Gasteiger partial charge is 0.508 e. The molecule has 0 radical (unpaired) electrons. The highest BCUT2D eigenvalue weighted by molar-refractivity contribution is 5.80. The van der Waals surface area contributed by atoms with E-state index in [0.29, 0.717) is 11.3 Å². The molecule has 0 aromatic heterocycles. The van der Waals surface area contributed by atoms with E-state index in [-0.39, 0.29) is 12.3 Å². The third kappa shape index (κ3) is 3.95. The Morgan fingerprint density at radius 1 is 1.33 bits per heavy atom. The lowest BCUT2D eigenvalue weighted by Gasteiger charge is -2.13. The lowest BCUT2D eigenvalue weighted by atomic mass is 10.1. The van der Waals surface area contributed by atoms with Gasteiger partial charge in [-0.15, -0.1) is 0 Å². The van der Waals surface area contributed by atoms with Gasteiger partial charge in [0.1, 0.15) is 11.8 Å². The molecule has 98 valence electrons. The van der Waals surface area contributed by atoms with E-state index in [2.05, 4.69) is 5.32 Å². The molecule has 0 aliphatic heterocycles. The first kappa shape index (κ1) is 13.8. The van der Waals surface area contributed by atoms with Crippen molar-refractivity contribution in [3.05, 3.63) is 23.8 Å². The molecule has 6 N–H and O–H groups in total. The second-order valence-corrected chi connectivity index (χ2v) is 3.76. The standard InChI is InChI=1S/C11H14N2O5/c12-7-1-2-9(14)6(3-7)5-13-8(11(17)18)4-10(15)16/h1-3,8,13-14H,4-5,12H2,(H,15,16)(H,17,18)/t8-/m0/s1. The topological polar surface area (TPSA) is 133 Å². The number of rotatable bonds is 6. The summed E-state index contributed by atoms with van der Waals surface area (Å²) in [6.07, 6.45) is -0.543. The van der Waals surface area contributed by atoms with Gasteiger partial charge in [0.05, 0.1) is 6.42 Å². The Balaban J connectivity index is 2.69. The fourth-order valence-electron chi connectivity index (χ4n) is 1.40. The smallest absolute Gasteiger partial charge is 0.321 e. The molecule has 0 fully saturated rings. The van der Waals surface area contributed by atoms with Gasteiger partial charge in [-0.05, 0) is 18.2 Å². The number of anilines is 1. The van der Waals surface area contributed by atoms with Crippen LogP contribution >= 0.6 is 0 Å². The third-order valence-corrected chi connectivity index (χ3v) is 2.32. The number of hydrogen-bond acceptors (Lipinski definition) is 5. The number of nitrogens with one attached hydrogen (secondary N) is 1.